The van der Waals surface area contributed by atoms with Crippen LogP contribution in [0.25, 0.3) is 11.1 Å². The number of anilines is 1. The molecule has 0 bridgehead atoms. The molecule has 2 rings (SSSR count). The van der Waals surface area contributed by atoms with E-state index in [1.807, 2.05) is 29.6 Å². The minimum absolute atomic E-state index is 0.0311. The molecule has 0 spiro atoms. The molecule has 2 nitrogen and oxygen atoms in total. The van der Waals surface area contributed by atoms with Crippen molar-refractivity contribution in [1.82, 2.24) is 0 Å². The van der Waals surface area contributed by atoms with Gasteiger partial charge >= 0.3 is 0 Å². The maximum Gasteiger partial charge on any atom is 0.221 e. The SMILES string of the molecule is CC(=O)Nc1cc(-c2ccccc2)cs1. The van der Waals surface area contributed by atoms with Crippen molar-refractivity contribution >= 4 is 22.2 Å². The summed E-state index contributed by atoms with van der Waals surface area (Å²) in [6.45, 7) is 1.52. The highest BCUT2D eigenvalue weighted by atomic mass is 32.1. The molecule has 3 heteroatoms. The Morgan fingerprint density at radius 3 is 2.60 bits per heavy atom. The van der Waals surface area contributed by atoms with E-state index in [0.29, 0.717) is 0 Å². The number of thiophene rings is 1. The zero-order valence-corrected chi connectivity index (χ0v) is 9.17. The number of hydrogen-bond donors (Lipinski definition) is 1. The highest BCUT2D eigenvalue weighted by Gasteiger charge is 2.02. The lowest BCUT2D eigenvalue weighted by atomic mass is 10.1. The minimum Gasteiger partial charge on any atom is -0.318 e. The van der Waals surface area contributed by atoms with Crippen LogP contribution < -0.4 is 5.32 Å². The normalized spacial score (nSPS) is 9.93. The van der Waals surface area contributed by atoms with Crippen LogP contribution in [0.1, 0.15) is 6.92 Å². The number of amides is 1. The van der Waals surface area contributed by atoms with E-state index in [-0.39, 0.29) is 5.91 Å². The minimum atomic E-state index is -0.0311. The Morgan fingerprint density at radius 2 is 1.93 bits per heavy atom. The molecular weight excluding hydrogens is 206 g/mol. The van der Waals surface area contributed by atoms with E-state index in [1.54, 1.807) is 11.3 Å². The lowest BCUT2D eigenvalue weighted by Crippen LogP contribution is -2.03. The van der Waals surface area contributed by atoms with Crippen molar-refractivity contribution < 1.29 is 4.79 Å². The van der Waals surface area contributed by atoms with Gasteiger partial charge in [-0.1, -0.05) is 30.3 Å². The van der Waals surface area contributed by atoms with Gasteiger partial charge in [0.1, 0.15) is 0 Å². The molecule has 1 heterocycles. The third kappa shape index (κ3) is 2.44. The van der Waals surface area contributed by atoms with Crippen LogP contribution in [0.2, 0.25) is 0 Å². The largest absolute Gasteiger partial charge is 0.318 e. The van der Waals surface area contributed by atoms with Gasteiger partial charge in [0.05, 0.1) is 5.00 Å². The van der Waals surface area contributed by atoms with E-state index in [2.05, 4.69) is 17.4 Å². The van der Waals surface area contributed by atoms with E-state index in [1.165, 1.54) is 12.5 Å². The second kappa shape index (κ2) is 4.28. The first-order valence-corrected chi connectivity index (χ1v) is 5.55. The van der Waals surface area contributed by atoms with Gasteiger partial charge < -0.3 is 5.32 Å². The molecule has 1 N–H and O–H groups in total. The molecule has 0 radical (unpaired) electrons. The predicted molar refractivity (Wildman–Crippen MR) is 64.1 cm³/mol. The third-order valence-electron chi connectivity index (χ3n) is 2.01. The highest BCUT2D eigenvalue weighted by molar-refractivity contribution is 7.14. The first-order chi connectivity index (χ1) is 7.25. The van der Waals surface area contributed by atoms with Crippen LogP contribution in [0.5, 0.6) is 0 Å². The average molecular weight is 217 g/mol. The Bertz CT molecular complexity index is 461. The summed E-state index contributed by atoms with van der Waals surface area (Å²) in [6.07, 6.45) is 0. The summed E-state index contributed by atoms with van der Waals surface area (Å²) < 4.78 is 0. The third-order valence-corrected chi connectivity index (χ3v) is 2.85. The van der Waals surface area contributed by atoms with Gasteiger partial charge in [-0.25, -0.2) is 0 Å². The summed E-state index contributed by atoms with van der Waals surface area (Å²) >= 11 is 1.54. The highest BCUT2D eigenvalue weighted by Crippen LogP contribution is 2.28. The Labute approximate surface area is 92.6 Å². The molecule has 0 fully saturated rings. The lowest BCUT2D eigenvalue weighted by Gasteiger charge is -1.96. The molecule has 2 aromatic rings. The number of rotatable bonds is 2. The quantitative estimate of drug-likeness (QED) is 0.821. The molecule has 0 aliphatic carbocycles. The van der Waals surface area contributed by atoms with Crippen LogP contribution in [0.3, 0.4) is 0 Å². The van der Waals surface area contributed by atoms with E-state index in [4.69, 9.17) is 0 Å². The molecule has 1 aromatic heterocycles. The van der Waals surface area contributed by atoms with Crippen LogP contribution in [0.15, 0.2) is 41.8 Å². The molecule has 0 unspecified atom stereocenters. The lowest BCUT2D eigenvalue weighted by molar-refractivity contribution is -0.114. The van der Waals surface area contributed by atoms with E-state index < -0.39 is 0 Å². The summed E-state index contributed by atoms with van der Waals surface area (Å²) in [5, 5.41) is 5.71. The van der Waals surface area contributed by atoms with Crippen LogP contribution in [-0.2, 0) is 4.79 Å². The van der Waals surface area contributed by atoms with Crippen LogP contribution >= 0.6 is 11.3 Å². The van der Waals surface area contributed by atoms with Crippen LogP contribution in [0.4, 0.5) is 5.00 Å². The van der Waals surface area contributed by atoms with Crippen molar-refractivity contribution in [2.75, 3.05) is 5.32 Å². The first-order valence-electron chi connectivity index (χ1n) is 4.67. The first kappa shape index (κ1) is 9.93. The number of hydrogen-bond acceptors (Lipinski definition) is 2. The Kier molecular flexibility index (Phi) is 2.83. The monoisotopic (exact) mass is 217 g/mol. The van der Waals surface area contributed by atoms with E-state index in [9.17, 15) is 4.79 Å². The van der Waals surface area contributed by atoms with Crippen molar-refractivity contribution in [3.05, 3.63) is 41.8 Å². The summed E-state index contributed by atoms with van der Waals surface area (Å²) in [7, 11) is 0. The maximum absolute atomic E-state index is 10.9. The van der Waals surface area contributed by atoms with Crippen molar-refractivity contribution in [1.29, 1.82) is 0 Å². The van der Waals surface area contributed by atoms with Crippen molar-refractivity contribution in [3.63, 3.8) is 0 Å². The Hall–Kier alpha value is -1.61. The molecule has 76 valence electrons. The molecule has 1 amide bonds. The van der Waals surface area contributed by atoms with Gasteiger partial charge in [-0.2, -0.15) is 0 Å². The fraction of sp³-hybridized carbons (Fsp3) is 0.0833. The van der Waals surface area contributed by atoms with Gasteiger partial charge in [-0.15, -0.1) is 11.3 Å². The zero-order valence-electron chi connectivity index (χ0n) is 8.36. The fourth-order valence-electron chi connectivity index (χ4n) is 1.36. The van der Waals surface area contributed by atoms with E-state index in [0.717, 1.165) is 10.6 Å². The van der Waals surface area contributed by atoms with Crippen LogP contribution in [-0.4, -0.2) is 5.91 Å². The van der Waals surface area contributed by atoms with Gasteiger partial charge in [-0.05, 0) is 17.2 Å². The molecule has 0 aliphatic rings. The number of benzene rings is 1. The molecule has 0 atom stereocenters. The number of carbonyl (C=O) groups is 1. The summed E-state index contributed by atoms with van der Waals surface area (Å²) in [5.41, 5.74) is 2.31. The Morgan fingerprint density at radius 1 is 1.20 bits per heavy atom. The summed E-state index contributed by atoms with van der Waals surface area (Å²) in [5.74, 6) is -0.0311. The molecule has 0 aliphatic heterocycles. The van der Waals surface area contributed by atoms with Crippen LogP contribution in [0, 0.1) is 0 Å². The molecule has 0 saturated heterocycles. The summed E-state index contributed by atoms with van der Waals surface area (Å²) in [4.78, 5) is 10.9. The van der Waals surface area contributed by atoms with E-state index >= 15 is 0 Å². The Balaban J connectivity index is 2.24. The molecule has 15 heavy (non-hydrogen) atoms. The number of nitrogens with one attached hydrogen (secondary N) is 1. The van der Waals surface area contributed by atoms with Gasteiger partial charge in [0, 0.05) is 12.3 Å². The molecule has 1 aromatic carbocycles. The summed E-state index contributed by atoms with van der Waals surface area (Å²) in [6, 6.07) is 12.1. The predicted octanol–water partition coefficient (Wildman–Crippen LogP) is 3.37. The van der Waals surface area contributed by atoms with Gasteiger partial charge in [0.25, 0.3) is 0 Å². The average Bonchev–Trinajstić information content (AvgIpc) is 2.67. The van der Waals surface area contributed by atoms with Gasteiger partial charge in [0.2, 0.25) is 5.91 Å². The van der Waals surface area contributed by atoms with Crippen molar-refractivity contribution in [2.45, 2.75) is 6.92 Å². The fourth-order valence-corrected chi connectivity index (χ4v) is 2.21. The van der Waals surface area contributed by atoms with Crippen molar-refractivity contribution in [2.24, 2.45) is 0 Å². The smallest absolute Gasteiger partial charge is 0.221 e. The zero-order chi connectivity index (χ0) is 10.7. The standard InChI is InChI=1S/C12H11NOS/c1-9(14)13-12-7-11(8-15-12)10-5-3-2-4-6-10/h2-8H,1H3,(H,13,14). The number of carbonyl (C=O) groups excluding carboxylic acids is 1. The van der Waals surface area contributed by atoms with Crippen molar-refractivity contribution in [3.8, 4) is 11.1 Å². The molecular formula is C12H11NOS. The van der Waals surface area contributed by atoms with Gasteiger partial charge in [0.15, 0.2) is 0 Å². The maximum atomic E-state index is 10.9. The van der Waals surface area contributed by atoms with Gasteiger partial charge in [-0.3, -0.25) is 4.79 Å². The molecule has 0 saturated carbocycles. The second-order valence-corrected chi connectivity index (χ2v) is 4.16. The second-order valence-electron chi connectivity index (χ2n) is 3.25. The topological polar surface area (TPSA) is 29.1 Å².